The van der Waals surface area contributed by atoms with Crippen LogP contribution in [0, 0.1) is 0 Å². The Balaban J connectivity index is 0.00000140. The topological polar surface area (TPSA) is 119 Å². The Hall–Kier alpha value is -2.00. The molecule has 0 bridgehead atoms. The van der Waals surface area contributed by atoms with Crippen LogP contribution in [0.3, 0.4) is 0 Å². The van der Waals surface area contributed by atoms with Gasteiger partial charge < -0.3 is 15.8 Å². The molecule has 9 heteroatoms. The summed E-state index contributed by atoms with van der Waals surface area (Å²) in [5.74, 6) is 1.30. The molecule has 3 aromatic rings. The molecule has 1 aliphatic rings. The van der Waals surface area contributed by atoms with E-state index in [4.69, 9.17) is 4.98 Å². The van der Waals surface area contributed by atoms with Crippen molar-refractivity contribution in [3.05, 3.63) is 42.4 Å². The number of halogens is 1. The average Bonchev–Trinajstić information content (AvgIpc) is 3.04. The van der Waals surface area contributed by atoms with E-state index in [2.05, 4.69) is 22.2 Å². The van der Waals surface area contributed by atoms with E-state index in [9.17, 15) is 8.42 Å². The largest absolute Gasteiger partial charge is 0.412 e. The van der Waals surface area contributed by atoms with Gasteiger partial charge in [-0.25, -0.2) is 18.4 Å². The van der Waals surface area contributed by atoms with Crippen LogP contribution in [0.25, 0.3) is 22.3 Å². The summed E-state index contributed by atoms with van der Waals surface area (Å²) >= 11 is 0. The highest BCUT2D eigenvalue weighted by molar-refractivity contribution is 7.90. The summed E-state index contributed by atoms with van der Waals surface area (Å²) in [5, 5.41) is 3.46. The number of nitrogens with zero attached hydrogens (tertiary/aromatic N) is 2. The lowest BCUT2D eigenvalue weighted by molar-refractivity contribution is 0.371. The minimum atomic E-state index is -3.19. The molecular formula is C19H25ClN4O3S. The van der Waals surface area contributed by atoms with Crippen molar-refractivity contribution >= 4 is 33.3 Å². The van der Waals surface area contributed by atoms with Gasteiger partial charge >= 0.3 is 0 Å². The smallest absolute Gasteiger partial charge is 0.175 e. The highest BCUT2D eigenvalue weighted by Crippen LogP contribution is 2.28. The minimum absolute atomic E-state index is 0. The van der Waals surface area contributed by atoms with E-state index in [0.717, 1.165) is 47.5 Å². The second kappa shape index (κ2) is 8.57. The second-order valence-electron chi connectivity index (χ2n) is 7.08. The van der Waals surface area contributed by atoms with E-state index in [1.807, 2.05) is 24.4 Å². The Bertz CT molecular complexity index is 1050. The Morgan fingerprint density at radius 2 is 1.89 bits per heavy atom. The van der Waals surface area contributed by atoms with Crippen molar-refractivity contribution in [2.75, 3.05) is 12.8 Å². The third-order valence-electron chi connectivity index (χ3n) is 4.97. The fourth-order valence-electron chi connectivity index (χ4n) is 3.53. The van der Waals surface area contributed by atoms with E-state index >= 15 is 0 Å². The normalized spacial score (nSPS) is 19.6. The van der Waals surface area contributed by atoms with E-state index < -0.39 is 9.84 Å². The van der Waals surface area contributed by atoms with Crippen molar-refractivity contribution in [2.45, 2.75) is 36.6 Å². The second-order valence-corrected chi connectivity index (χ2v) is 9.10. The summed E-state index contributed by atoms with van der Waals surface area (Å²) in [7, 11) is -3.19. The average molecular weight is 425 g/mol. The van der Waals surface area contributed by atoms with Gasteiger partial charge in [-0.3, -0.25) is 0 Å². The number of sulfone groups is 1. The predicted octanol–water partition coefficient (Wildman–Crippen LogP) is 2.48. The lowest BCUT2D eigenvalue weighted by Crippen LogP contribution is -2.35. The molecule has 0 radical (unpaired) electrons. The number of fused-ring (bicyclic) bond motifs is 1. The molecule has 28 heavy (non-hydrogen) atoms. The van der Waals surface area contributed by atoms with Crippen molar-refractivity contribution in [2.24, 2.45) is 0 Å². The molecular weight excluding hydrogens is 400 g/mol. The lowest BCUT2D eigenvalue weighted by atomic mass is 9.92. The third-order valence-corrected chi connectivity index (χ3v) is 6.10. The first-order valence-electron chi connectivity index (χ1n) is 8.80. The fourth-order valence-corrected chi connectivity index (χ4v) is 4.16. The third kappa shape index (κ3) is 4.52. The molecule has 2 atom stereocenters. The zero-order valence-corrected chi connectivity index (χ0v) is 17.4. The summed E-state index contributed by atoms with van der Waals surface area (Å²) in [5.41, 5.74) is 3.61. The molecule has 4 N–H and O–H groups in total. The monoisotopic (exact) mass is 424 g/mol. The van der Waals surface area contributed by atoms with E-state index in [-0.39, 0.29) is 17.9 Å². The molecule has 152 valence electrons. The number of piperidine rings is 1. The summed E-state index contributed by atoms with van der Waals surface area (Å²) < 4.78 is 23.2. The fraction of sp³-hybridized carbons (Fsp3) is 0.368. The van der Waals surface area contributed by atoms with Crippen molar-refractivity contribution in [3.8, 4) is 11.3 Å². The number of nitrogens with one attached hydrogen (secondary N) is 2. The Kier molecular flexibility index (Phi) is 6.82. The van der Waals surface area contributed by atoms with Gasteiger partial charge in [0.15, 0.2) is 9.84 Å². The van der Waals surface area contributed by atoms with E-state index in [1.54, 1.807) is 12.1 Å². The number of hydrogen-bond acceptors (Lipinski definition) is 5. The highest BCUT2D eigenvalue weighted by Gasteiger charge is 2.22. The molecule has 2 aromatic heterocycles. The molecule has 7 nitrogen and oxygen atoms in total. The van der Waals surface area contributed by atoms with Crippen molar-refractivity contribution in [1.82, 2.24) is 20.3 Å². The number of aromatic amines is 1. The summed E-state index contributed by atoms with van der Waals surface area (Å²) in [4.78, 5) is 13.0. The first-order chi connectivity index (χ1) is 12.4. The minimum Gasteiger partial charge on any atom is -0.412 e. The number of hydrogen-bond donors (Lipinski definition) is 2. The number of benzene rings is 1. The van der Waals surface area contributed by atoms with Crippen LogP contribution in [-0.2, 0) is 9.84 Å². The molecule has 4 rings (SSSR count). The summed E-state index contributed by atoms with van der Waals surface area (Å²) in [6.07, 6.45) is 5.16. The lowest BCUT2D eigenvalue weighted by Gasteiger charge is -2.26. The zero-order chi connectivity index (χ0) is 18.3. The first kappa shape index (κ1) is 22.3. The molecule has 1 aromatic carbocycles. The van der Waals surface area contributed by atoms with Crippen molar-refractivity contribution in [3.63, 3.8) is 0 Å². The molecule has 0 spiro atoms. The zero-order valence-electron chi connectivity index (χ0n) is 15.8. The maximum Gasteiger partial charge on any atom is 0.175 e. The van der Waals surface area contributed by atoms with E-state index in [0.29, 0.717) is 16.9 Å². The van der Waals surface area contributed by atoms with Crippen LogP contribution in [0.1, 0.15) is 31.5 Å². The van der Waals surface area contributed by atoms with Gasteiger partial charge in [-0.15, -0.1) is 12.4 Å². The molecule has 1 fully saturated rings. The van der Waals surface area contributed by atoms with Crippen LogP contribution < -0.4 is 5.32 Å². The molecule has 0 aliphatic carbocycles. The van der Waals surface area contributed by atoms with Gasteiger partial charge in [0.25, 0.3) is 0 Å². The molecule has 3 heterocycles. The SMILES string of the molecule is CC1CC(c2ncc3[nH]c(-c4ccc(S(C)(=O)=O)cc4)cc3n2)CCN1.Cl.O. The standard InChI is InChI=1S/C19H22N4O2S.ClH.H2O/c1-12-9-14(7-8-20-12)19-21-11-18-17(23-19)10-16(22-18)13-3-5-15(6-4-13)26(2,24)25;;/h3-6,10-12,14,20,22H,7-9H2,1-2H3;1H;1H2. The maximum atomic E-state index is 11.6. The number of rotatable bonds is 3. The van der Waals surface area contributed by atoms with E-state index in [1.165, 1.54) is 6.26 Å². The predicted molar refractivity (Wildman–Crippen MR) is 113 cm³/mol. The molecule has 1 saturated heterocycles. The molecule has 2 unspecified atom stereocenters. The number of aromatic nitrogens is 3. The Labute approximate surface area is 170 Å². The summed E-state index contributed by atoms with van der Waals surface area (Å²) in [6, 6.07) is 9.37. The van der Waals surface area contributed by atoms with Crippen LogP contribution in [0.2, 0.25) is 0 Å². The maximum absolute atomic E-state index is 11.6. The summed E-state index contributed by atoms with van der Waals surface area (Å²) in [6.45, 7) is 3.19. The highest BCUT2D eigenvalue weighted by atomic mass is 35.5. The van der Waals surface area contributed by atoms with Crippen LogP contribution in [0.5, 0.6) is 0 Å². The van der Waals surface area contributed by atoms with Gasteiger partial charge in [-0.05, 0) is 50.1 Å². The Morgan fingerprint density at radius 3 is 2.54 bits per heavy atom. The van der Waals surface area contributed by atoms with Gasteiger partial charge in [-0.2, -0.15) is 0 Å². The Morgan fingerprint density at radius 1 is 1.18 bits per heavy atom. The van der Waals surface area contributed by atoms with Crippen LogP contribution in [-0.4, -0.2) is 47.7 Å². The molecule has 0 saturated carbocycles. The van der Waals surface area contributed by atoms with Gasteiger partial charge in [-0.1, -0.05) is 12.1 Å². The first-order valence-corrected chi connectivity index (χ1v) is 10.7. The van der Waals surface area contributed by atoms with Crippen molar-refractivity contribution in [1.29, 1.82) is 0 Å². The van der Waals surface area contributed by atoms with Gasteiger partial charge in [0.1, 0.15) is 5.82 Å². The van der Waals surface area contributed by atoms with Crippen LogP contribution in [0.4, 0.5) is 0 Å². The van der Waals surface area contributed by atoms with Gasteiger partial charge in [0.2, 0.25) is 0 Å². The van der Waals surface area contributed by atoms with Gasteiger partial charge in [0.05, 0.1) is 22.1 Å². The number of H-pyrrole nitrogens is 1. The quantitative estimate of drug-likeness (QED) is 0.669. The van der Waals surface area contributed by atoms with Crippen LogP contribution >= 0.6 is 12.4 Å². The van der Waals surface area contributed by atoms with Crippen molar-refractivity contribution < 1.29 is 13.9 Å². The molecule has 1 aliphatic heterocycles. The molecule has 0 amide bonds. The van der Waals surface area contributed by atoms with Gasteiger partial charge in [0, 0.05) is 23.9 Å². The van der Waals surface area contributed by atoms with Crippen LogP contribution in [0.15, 0.2) is 41.4 Å².